The highest BCUT2D eigenvalue weighted by atomic mass is 16.5. The van der Waals surface area contributed by atoms with Gasteiger partial charge in [0.05, 0.1) is 25.8 Å². The monoisotopic (exact) mass is 408 g/mol. The second-order valence-corrected chi connectivity index (χ2v) is 8.31. The molecule has 4 atom stereocenters. The quantitative estimate of drug-likeness (QED) is 0.709. The molecule has 0 saturated carbocycles. The van der Waals surface area contributed by atoms with E-state index in [0.29, 0.717) is 19.5 Å². The Balaban J connectivity index is 1.79. The molecule has 2 aliphatic rings. The summed E-state index contributed by atoms with van der Waals surface area (Å²) in [6, 6.07) is 19.8. The first-order chi connectivity index (χ1) is 14.5. The lowest BCUT2D eigenvalue weighted by Crippen LogP contribution is -2.49. The van der Waals surface area contributed by atoms with Gasteiger partial charge in [0.25, 0.3) is 0 Å². The molecule has 6 nitrogen and oxygen atoms in total. The zero-order valence-corrected chi connectivity index (χ0v) is 17.7. The number of hydrogen-bond acceptors (Lipinski definition) is 6. The number of hydrogen-bond donors (Lipinski definition) is 0. The van der Waals surface area contributed by atoms with E-state index in [2.05, 4.69) is 34.1 Å². The summed E-state index contributed by atoms with van der Waals surface area (Å²) in [5.41, 5.74) is 1.45. The van der Waals surface area contributed by atoms with E-state index in [9.17, 15) is 9.59 Å². The summed E-state index contributed by atoms with van der Waals surface area (Å²) in [5, 5.41) is 0. The molecule has 0 N–H and O–H groups in total. The van der Waals surface area contributed by atoms with Crippen LogP contribution < -0.4 is 0 Å². The van der Waals surface area contributed by atoms with Gasteiger partial charge in [0.2, 0.25) is 0 Å². The number of esters is 2. The second kappa shape index (κ2) is 8.20. The van der Waals surface area contributed by atoms with E-state index in [1.165, 1.54) is 19.8 Å². The average Bonchev–Trinajstić information content (AvgIpc) is 3.31. The molecule has 2 fully saturated rings. The molecule has 2 aromatic carbocycles. The molecule has 0 spiro atoms. The van der Waals surface area contributed by atoms with Crippen LogP contribution in [0.5, 0.6) is 0 Å². The highest BCUT2D eigenvalue weighted by Gasteiger charge is 2.63. The van der Waals surface area contributed by atoms with Crippen molar-refractivity contribution in [2.24, 2.45) is 5.41 Å². The van der Waals surface area contributed by atoms with Gasteiger partial charge in [-0.2, -0.15) is 0 Å². The van der Waals surface area contributed by atoms with Gasteiger partial charge in [-0.05, 0) is 24.5 Å². The van der Waals surface area contributed by atoms with Gasteiger partial charge in [-0.25, -0.2) is 0 Å². The van der Waals surface area contributed by atoms with Gasteiger partial charge < -0.3 is 9.47 Å². The summed E-state index contributed by atoms with van der Waals surface area (Å²) in [5.74, 6) is -0.606. The lowest BCUT2D eigenvalue weighted by atomic mass is 9.84. The number of nitrogens with zero attached hydrogens (tertiary/aromatic N) is 2. The van der Waals surface area contributed by atoms with E-state index in [0.717, 1.165) is 5.56 Å². The molecule has 0 aliphatic carbocycles. The first kappa shape index (κ1) is 20.6. The first-order valence-corrected chi connectivity index (χ1v) is 10.3. The van der Waals surface area contributed by atoms with Crippen molar-refractivity contribution in [1.82, 2.24) is 9.80 Å². The maximum atomic E-state index is 12.9. The fourth-order valence-electron chi connectivity index (χ4n) is 5.19. The summed E-state index contributed by atoms with van der Waals surface area (Å²) in [6.07, 6.45) is 0.102. The standard InChI is InChI=1S/C24H28N2O4/c1-24(23(28)30-3)14-19(21(27)29-2)26-20(18-12-8-5-9-13-18)16-25(22(24)26)15-17-10-6-4-7-11-17/h4-13,19-20,22H,14-16H2,1-3H3/t19-,20-,22-,24+/m0/s1. The fourth-order valence-corrected chi connectivity index (χ4v) is 5.19. The summed E-state index contributed by atoms with van der Waals surface area (Å²) < 4.78 is 10.3. The van der Waals surface area contributed by atoms with Crippen LogP contribution in [0.2, 0.25) is 0 Å². The molecular weight excluding hydrogens is 380 g/mol. The molecule has 4 rings (SSSR count). The molecular formula is C24H28N2O4. The third kappa shape index (κ3) is 3.40. The maximum absolute atomic E-state index is 12.9. The Hall–Kier alpha value is -2.70. The van der Waals surface area contributed by atoms with Crippen LogP contribution in [0.1, 0.15) is 30.5 Å². The fraction of sp³-hybridized carbons (Fsp3) is 0.417. The van der Waals surface area contributed by atoms with Crippen LogP contribution in [-0.4, -0.2) is 54.7 Å². The second-order valence-electron chi connectivity index (χ2n) is 8.31. The Labute approximate surface area is 177 Å². The SMILES string of the molecule is COC(=O)[C@@H]1C[C@@](C)(C(=O)OC)[C@H]2N(Cc3ccccc3)C[C@@H](c3ccccc3)N12. The molecule has 158 valence electrons. The third-order valence-corrected chi connectivity index (χ3v) is 6.48. The highest BCUT2D eigenvalue weighted by molar-refractivity contribution is 5.83. The number of methoxy groups -OCH3 is 2. The highest BCUT2D eigenvalue weighted by Crippen LogP contribution is 2.51. The van der Waals surface area contributed by atoms with Crippen LogP contribution in [0.3, 0.4) is 0 Å². The van der Waals surface area contributed by atoms with Crippen molar-refractivity contribution in [3.63, 3.8) is 0 Å². The molecule has 0 unspecified atom stereocenters. The minimum absolute atomic E-state index is 0.0181. The van der Waals surface area contributed by atoms with E-state index in [1.807, 2.05) is 43.3 Å². The van der Waals surface area contributed by atoms with E-state index in [4.69, 9.17) is 9.47 Å². The third-order valence-electron chi connectivity index (χ3n) is 6.48. The predicted molar refractivity (Wildman–Crippen MR) is 112 cm³/mol. The van der Waals surface area contributed by atoms with Crippen LogP contribution in [0.4, 0.5) is 0 Å². The Bertz CT molecular complexity index is 904. The number of fused-ring (bicyclic) bond motifs is 1. The molecule has 6 heteroatoms. The number of benzene rings is 2. The smallest absolute Gasteiger partial charge is 0.323 e. The van der Waals surface area contributed by atoms with Crippen LogP contribution in [0.15, 0.2) is 60.7 Å². The van der Waals surface area contributed by atoms with Crippen molar-refractivity contribution in [1.29, 1.82) is 0 Å². The van der Waals surface area contributed by atoms with E-state index in [-0.39, 0.29) is 24.1 Å². The topological polar surface area (TPSA) is 59.1 Å². The number of carbonyl (C=O) groups is 2. The molecule has 0 radical (unpaired) electrons. The van der Waals surface area contributed by atoms with Crippen molar-refractivity contribution in [2.75, 3.05) is 20.8 Å². The van der Waals surface area contributed by atoms with Gasteiger partial charge in [0.15, 0.2) is 0 Å². The average molecular weight is 408 g/mol. The Morgan fingerprint density at radius 2 is 1.63 bits per heavy atom. The molecule has 2 aliphatic heterocycles. The molecule has 0 amide bonds. The lowest BCUT2D eigenvalue weighted by molar-refractivity contribution is -0.156. The van der Waals surface area contributed by atoms with Crippen molar-refractivity contribution >= 4 is 11.9 Å². The van der Waals surface area contributed by atoms with E-state index < -0.39 is 11.5 Å². The molecule has 30 heavy (non-hydrogen) atoms. The normalized spacial score (nSPS) is 28.8. The van der Waals surface area contributed by atoms with Gasteiger partial charge in [0, 0.05) is 19.1 Å². The van der Waals surface area contributed by atoms with Gasteiger partial charge in [-0.1, -0.05) is 60.7 Å². The minimum atomic E-state index is -0.841. The number of ether oxygens (including phenoxy) is 2. The van der Waals surface area contributed by atoms with Crippen LogP contribution in [-0.2, 0) is 25.6 Å². The van der Waals surface area contributed by atoms with Crippen LogP contribution in [0, 0.1) is 5.41 Å². The van der Waals surface area contributed by atoms with Crippen molar-refractivity contribution < 1.29 is 19.1 Å². The maximum Gasteiger partial charge on any atom is 0.323 e. The van der Waals surface area contributed by atoms with Crippen molar-refractivity contribution in [2.45, 2.75) is 38.1 Å². The largest absolute Gasteiger partial charge is 0.469 e. The number of rotatable bonds is 5. The Morgan fingerprint density at radius 1 is 1.00 bits per heavy atom. The van der Waals surface area contributed by atoms with Crippen LogP contribution in [0.25, 0.3) is 0 Å². The summed E-state index contributed by atoms with van der Waals surface area (Å²) in [4.78, 5) is 30.2. The molecule has 0 aromatic heterocycles. The molecule has 2 saturated heterocycles. The van der Waals surface area contributed by atoms with E-state index in [1.54, 1.807) is 0 Å². The molecule has 0 bridgehead atoms. The molecule has 2 aromatic rings. The first-order valence-electron chi connectivity index (χ1n) is 10.3. The van der Waals surface area contributed by atoms with Gasteiger partial charge >= 0.3 is 11.9 Å². The van der Waals surface area contributed by atoms with Crippen molar-refractivity contribution in [3.8, 4) is 0 Å². The van der Waals surface area contributed by atoms with Crippen LogP contribution >= 0.6 is 0 Å². The zero-order valence-electron chi connectivity index (χ0n) is 17.7. The van der Waals surface area contributed by atoms with Crippen molar-refractivity contribution in [3.05, 3.63) is 71.8 Å². The lowest BCUT2D eigenvalue weighted by Gasteiger charge is -2.35. The summed E-state index contributed by atoms with van der Waals surface area (Å²) in [7, 11) is 2.81. The Kier molecular flexibility index (Phi) is 5.62. The summed E-state index contributed by atoms with van der Waals surface area (Å²) >= 11 is 0. The molecule has 2 heterocycles. The Morgan fingerprint density at radius 3 is 2.23 bits per heavy atom. The predicted octanol–water partition coefficient (Wildman–Crippen LogP) is 3.00. The van der Waals surface area contributed by atoms with Gasteiger partial charge in [0.1, 0.15) is 6.04 Å². The zero-order chi connectivity index (χ0) is 21.3. The number of carbonyl (C=O) groups excluding carboxylic acids is 2. The minimum Gasteiger partial charge on any atom is -0.469 e. The van der Waals surface area contributed by atoms with E-state index >= 15 is 0 Å². The van der Waals surface area contributed by atoms with Gasteiger partial charge in [-0.3, -0.25) is 19.4 Å². The summed E-state index contributed by atoms with van der Waals surface area (Å²) in [6.45, 7) is 3.31. The van der Waals surface area contributed by atoms with Gasteiger partial charge in [-0.15, -0.1) is 0 Å².